The topological polar surface area (TPSA) is 24.5 Å². The van der Waals surface area contributed by atoms with E-state index in [0.29, 0.717) is 0 Å². The second-order valence-corrected chi connectivity index (χ2v) is 25.7. The Morgan fingerprint density at radius 1 is 0.476 bits per heavy atom. The molecule has 3 aliphatic heterocycles. The maximum atomic E-state index is 7.39. The van der Waals surface area contributed by atoms with Crippen LogP contribution in [0.5, 0.6) is 11.5 Å². The van der Waals surface area contributed by atoms with Crippen molar-refractivity contribution in [1.29, 1.82) is 0 Å². The van der Waals surface area contributed by atoms with E-state index >= 15 is 0 Å². The maximum Gasteiger partial charge on any atom is 0.715 e. The number of hydrogen-bond donors (Lipinski definition) is 0. The molecule has 0 aliphatic carbocycles. The van der Waals surface area contributed by atoms with Gasteiger partial charge in [-0.05, 0) is 169 Å². The molecule has 6 heteroatoms. The second-order valence-electron chi connectivity index (χ2n) is 20.3. The lowest BCUT2D eigenvalue weighted by Gasteiger charge is -2.34. The highest BCUT2D eigenvalue weighted by molar-refractivity contribution is 7.57. The quantitative estimate of drug-likeness (QED) is 0.0536. The van der Waals surface area contributed by atoms with Crippen LogP contribution in [-0.4, -0.2) is 64.6 Å². The summed E-state index contributed by atoms with van der Waals surface area (Å²) in [4.78, 5) is 0. The molecular formula is C57H88N2O2P2+2. The molecule has 3 aliphatic rings. The molecule has 0 saturated heterocycles. The van der Waals surface area contributed by atoms with Gasteiger partial charge in [-0.1, -0.05) is 131 Å². The van der Waals surface area contributed by atoms with E-state index < -0.39 is 6.03 Å². The lowest BCUT2D eigenvalue weighted by Crippen LogP contribution is -2.59. The minimum atomic E-state index is -1.17. The van der Waals surface area contributed by atoms with E-state index in [1.807, 2.05) is 0 Å². The third-order valence-electron chi connectivity index (χ3n) is 14.9. The first-order chi connectivity index (χ1) is 30.5. The molecule has 0 saturated carbocycles. The van der Waals surface area contributed by atoms with E-state index in [0.717, 1.165) is 28.4 Å². The molecule has 0 bridgehead atoms. The normalized spacial score (nSPS) is 16.5. The molecule has 0 N–H and O–H groups in total. The third kappa shape index (κ3) is 11.5. The van der Waals surface area contributed by atoms with Gasteiger partial charge < -0.3 is 9.47 Å². The van der Waals surface area contributed by atoms with Crippen LogP contribution in [0.4, 0.5) is 11.4 Å². The Kier molecular flexibility index (Phi) is 18.4. The van der Waals surface area contributed by atoms with E-state index in [2.05, 4.69) is 139 Å². The van der Waals surface area contributed by atoms with Gasteiger partial charge in [0.15, 0.2) is 23.9 Å². The summed E-state index contributed by atoms with van der Waals surface area (Å²) in [6.45, 7) is 23.7. The largest absolute Gasteiger partial charge is 0.715 e. The number of nitrogens with zero attached hydrogens (tertiary/aromatic N) is 2. The Balaban J connectivity index is 1.36. The van der Waals surface area contributed by atoms with Gasteiger partial charge in [-0.25, -0.2) is 0 Å². The Labute approximate surface area is 388 Å². The van der Waals surface area contributed by atoms with E-state index in [1.165, 1.54) is 180 Å². The number of aryl methyl sites for hydroxylation is 2. The predicted octanol–water partition coefficient (Wildman–Crippen LogP) is 16.9. The van der Waals surface area contributed by atoms with Gasteiger partial charge in [0, 0.05) is 12.1 Å². The van der Waals surface area contributed by atoms with Gasteiger partial charge >= 0.3 is 6.03 Å². The van der Waals surface area contributed by atoms with Crippen LogP contribution in [0.15, 0.2) is 48.5 Å². The molecular weight excluding hydrogens is 807 g/mol. The van der Waals surface area contributed by atoms with Crippen molar-refractivity contribution in [3.63, 3.8) is 0 Å². The van der Waals surface area contributed by atoms with Crippen LogP contribution in [0.3, 0.4) is 0 Å². The molecule has 1 spiro atoms. The molecule has 3 aromatic rings. The van der Waals surface area contributed by atoms with Gasteiger partial charge in [0.2, 0.25) is 0 Å². The molecule has 346 valence electrons. The summed E-state index contributed by atoms with van der Waals surface area (Å²) in [5.41, 5.74) is 10.1. The predicted molar refractivity (Wildman–Crippen MR) is 278 cm³/mol. The van der Waals surface area contributed by atoms with Gasteiger partial charge in [-0.3, -0.25) is 0 Å². The highest BCUT2D eigenvalue weighted by atomic mass is 31.1. The van der Waals surface area contributed by atoms with Gasteiger partial charge in [0.05, 0.1) is 11.1 Å². The first-order valence-corrected chi connectivity index (χ1v) is 29.8. The molecule has 0 amide bonds. The molecule has 0 fully saturated rings. The Hall–Kier alpha value is -2.54. The zero-order valence-corrected chi connectivity index (χ0v) is 43.6. The van der Waals surface area contributed by atoms with Gasteiger partial charge in [-0.2, -0.15) is 0 Å². The minimum Gasteiger partial charge on any atom is -0.340 e. The number of hydrogen-bond acceptors (Lipinski definition) is 2. The fourth-order valence-corrected chi connectivity index (χ4v) is 16.3. The van der Waals surface area contributed by atoms with Crippen LogP contribution in [0.25, 0.3) is 0 Å². The maximum absolute atomic E-state index is 7.39. The van der Waals surface area contributed by atoms with Gasteiger partial charge in [0.25, 0.3) is 11.4 Å². The summed E-state index contributed by atoms with van der Waals surface area (Å²) in [5, 5.41) is 0. The highest BCUT2D eigenvalue weighted by Gasteiger charge is 2.72. The highest BCUT2D eigenvalue weighted by Crippen LogP contribution is 2.52. The molecule has 3 aromatic carbocycles. The zero-order valence-electron chi connectivity index (χ0n) is 41.8. The first-order valence-electron chi connectivity index (χ1n) is 26.0. The molecule has 1 atom stereocenters. The monoisotopic (exact) mass is 895 g/mol. The number of para-hydroxylation sites is 2. The van der Waals surface area contributed by atoms with Crippen molar-refractivity contribution in [2.24, 2.45) is 0 Å². The Morgan fingerprint density at radius 2 is 0.810 bits per heavy atom. The van der Waals surface area contributed by atoms with Crippen molar-refractivity contribution in [3.8, 4) is 11.5 Å². The van der Waals surface area contributed by atoms with Crippen LogP contribution in [0, 0.1) is 13.8 Å². The summed E-state index contributed by atoms with van der Waals surface area (Å²) < 4.78 is 19.3. The summed E-state index contributed by atoms with van der Waals surface area (Å²) >= 11 is 0. The molecule has 0 aromatic heterocycles. The number of unbranched alkanes of at least 4 members (excludes halogenated alkanes) is 6. The Bertz CT molecular complexity index is 1970. The van der Waals surface area contributed by atoms with Crippen LogP contribution in [0.1, 0.15) is 204 Å². The summed E-state index contributed by atoms with van der Waals surface area (Å²) in [5.74, 6) is 1.87. The molecule has 6 rings (SSSR count). The number of fused-ring (bicyclic) bond motifs is 5. The van der Waals surface area contributed by atoms with Crippen LogP contribution in [-0.2, 0) is 10.8 Å². The smallest absolute Gasteiger partial charge is 0.340 e. The first kappa shape index (κ1) is 49.9. The van der Waals surface area contributed by atoms with Crippen LogP contribution >= 0.6 is 15.8 Å². The average molecular weight is 895 g/mol. The van der Waals surface area contributed by atoms with Crippen molar-refractivity contribution >= 4 is 39.6 Å². The van der Waals surface area contributed by atoms with Crippen LogP contribution in [0.2, 0.25) is 0 Å². The standard InChI is InChI=1S/C57H88N2O2P2/c1-11-17-29-55(9,30-18-12-2)49-39-45(7)53-47(41-49)43-58-51-27-23-24-28-52(51)59-44-48-42-50(40-46(8)54(48)61-57(58,59)60-53)56(10,31-25-37-62(33-19-13-3)34-20-14-4)32-26-38-63(35-21-15-5)36-22-16-6/h23-24,27-28,39-44H,11-22,25-26,29-38H2,1-10H3/q+2. The average Bonchev–Trinajstić information content (AvgIpc) is 3.56. The molecule has 1 unspecified atom stereocenters. The fraction of sp³-hybridized carbons (Fsp3) is 0.649. The summed E-state index contributed by atoms with van der Waals surface area (Å²) in [6, 6.07) is 17.5. The van der Waals surface area contributed by atoms with E-state index in [9.17, 15) is 0 Å². The van der Waals surface area contributed by atoms with Gasteiger partial charge in [0.1, 0.15) is 0 Å². The lowest BCUT2D eigenvalue weighted by molar-refractivity contribution is -0.831. The van der Waals surface area contributed by atoms with E-state index in [1.54, 1.807) is 0 Å². The van der Waals surface area contributed by atoms with Crippen molar-refractivity contribution in [3.05, 3.63) is 81.9 Å². The summed E-state index contributed by atoms with van der Waals surface area (Å²) in [7, 11) is 0.259. The lowest BCUT2D eigenvalue weighted by atomic mass is 9.73. The zero-order chi connectivity index (χ0) is 45.0. The molecule has 63 heavy (non-hydrogen) atoms. The molecule has 3 heterocycles. The molecule has 4 nitrogen and oxygen atoms in total. The van der Waals surface area contributed by atoms with Gasteiger partial charge in [-0.15, -0.1) is 15.8 Å². The van der Waals surface area contributed by atoms with Crippen LogP contribution < -0.4 is 9.47 Å². The second kappa shape index (κ2) is 23.3. The van der Waals surface area contributed by atoms with Crippen molar-refractivity contribution in [2.75, 3.05) is 37.0 Å². The minimum absolute atomic E-state index is 0.121. The molecule has 0 radical (unpaired) electrons. The third-order valence-corrected chi connectivity index (χ3v) is 20.6. The SMILES string of the molecule is CCCCP(CCCC)CCCC(C)(CCCP(CCCC)CCCC)c1cc(C)c2c(c1)C=[N+]1c3ccccc3[N+]3=Cc4cc(C(C)(CCCC)CCCC)cc(C)c4OC31O2. The number of ether oxygens (including phenoxy) is 2. The van der Waals surface area contributed by atoms with Crippen molar-refractivity contribution in [2.45, 2.75) is 202 Å². The van der Waals surface area contributed by atoms with Crippen molar-refractivity contribution < 1.29 is 18.6 Å². The number of benzene rings is 3. The van der Waals surface area contributed by atoms with E-state index in [-0.39, 0.29) is 26.7 Å². The van der Waals surface area contributed by atoms with E-state index in [4.69, 9.17) is 9.47 Å². The van der Waals surface area contributed by atoms with Crippen molar-refractivity contribution in [1.82, 2.24) is 0 Å². The fourth-order valence-electron chi connectivity index (χ4n) is 10.7. The number of rotatable bonds is 28. The summed E-state index contributed by atoms with van der Waals surface area (Å²) in [6.07, 6.45) is 36.8. The Morgan fingerprint density at radius 3 is 1.16 bits per heavy atom.